The average Bonchev–Trinajstić information content (AvgIpc) is 2.74. The number of benzene rings is 1. The van der Waals surface area contributed by atoms with E-state index in [0.717, 1.165) is 36.1 Å². The maximum Gasteiger partial charge on any atom is 0.364 e. The van der Waals surface area contributed by atoms with E-state index in [0.29, 0.717) is 11.1 Å². The highest BCUT2D eigenvalue weighted by molar-refractivity contribution is 6.00. The maximum atomic E-state index is 12.0. The lowest BCUT2D eigenvalue weighted by molar-refractivity contribution is 0.567. The Bertz CT molecular complexity index is 799. The van der Waals surface area contributed by atoms with Crippen LogP contribution in [0.25, 0.3) is 22.0 Å². The molecule has 2 aromatic heterocycles. The molecule has 0 aliphatic heterocycles. The second kappa shape index (κ2) is 4.53. The Morgan fingerprint density at radius 2 is 2.11 bits per heavy atom. The molecule has 0 saturated carbocycles. The van der Waals surface area contributed by atoms with Gasteiger partial charge in [0.1, 0.15) is 11.4 Å². The highest BCUT2D eigenvalue weighted by Gasteiger charge is 2.15. The van der Waals surface area contributed by atoms with E-state index < -0.39 is 0 Å². The van der Waals surface area contributed by atoms with E-state index in [4.69, 9.17) is 4.42 Å². The van der Waals surface area contributed by atoms with Crippen molar-refractivity contribution < 1.29 is 4.42 Å². The minimum Gasteiger partial charge on any atom is -0.421 e. The highest BCUT2D eigenvalue weighted by atomic mass is 16.4. The van der Waals surface area contributed by atoms with Crippen LogP contribution in [0.4, 0.5) is 0 Å². The molecule has 0 unspecified atom stereocenters. The van der Waals surface area contributed by atoms with Gasteiger partial charge in [0.05, 0.1) is 5.52 Å². The van der Waals surface area contributed by atoms with Gasteiger partial charge in [-0.15, -0.1) is 0 Å². The van der Waals surface area contributed by atoms with Crippen LogP contribution in [-0.4, -0.2) is 9.55 Å². The molecule has 0 atom stereocenters. The molecule has 4 nitrogen and oxygen atoms in total. The van der Waals surface area contributed by atoms with E-state index in [1.54, 1.807) is 0 Å². The first-order valence-corrected chi connectivity index (χ1v) is 6.61. The molecule has 98 valence electrons. The number of hydrogen-bond donors (Lipinski definition) is 0. The van der Waals surface area contributed by atoms with E-state index in [1.165, 1.54) is 0 Å². The first kappa shape index (κ1) is 12.0. The number of rotatable bonds is 3. The molecule has 0 saturated heterocycles. The van der Waals surface area contributed by atoms with Gasteiger partial charge in [0.2, 0.25) is 0 Å². The first-order valence-electron chi connectivity index (χ1n) is 6.61. The summed E-state index contributed by atoms with van der Waals surface area (Å²) in [6.45, 7) is 4.97. The molecule has 2 heterocycles. The number of fused-ring (bicyclic) bond motifs is 3. The van der Waals surface area contributed by atoms with Crippen molar-refractivity contribution in [3.8, 4) is 0 Å². The number of hydrogen-bond acceptors (Lipinski definition) is 3. The van der Waals surface area contributed by atoms with Gasteiger partial charge in [0.25, 0.3) is 0 Å². The van der Waals surface area contributed by atoms with Crippen molar-refractivity contribution in [2.45, 2.75) is 33.2 Å². The van der Waals surface area contributed by atoms with Crippen molar-refractivity contribution in [3.05, 3.63) is 40.5 Å². The van der Waals surface area contributed by atoms with E-state index >= 15 is 0 Å². The lowest BCUT2D eigenvalue weighted by atomic mass is 10.2. The summed E-state index contributed by atoms with van der Waals surface area (Å²) in [5, 5.41) is 0.953. The lowest BCUT2D eigenvalue weighted by Crippen LogP contribution is -2.03. The normalized spacial score (nSPS) is 11.5. The monoisotopic (exact) mass is 256 g/mol. The Labute approximate surface area is 110 Å². The molecule has 1 aromatic carbocycles. The summed E-state index contributed by atoms with van der Waals surface area (Å²) < 4.78 is 7.44. The van der Waals surface area contributed by atoms with Gasteiger partial charge in [0, 0.05) is 11.9 Å². The van der Waals surface area contributed by atoms with Crippen molar-refractivity contribution in [1.82, 2.24) is 9.55 Å². The summed E-state index contributed by atoms with van der Waals surface area (Å²) in [4.78, 5) is 16.4. The van der Waals surface area contributed by atoms with Gasteiger partial charge in [-0.1, -0.05) is 25.5 Å². The number of para-hydroxylation sites is 1. The minimum absolute atomic E-state index is 0.355. The van der Waals surface area contributed by atoms with E-state index in [1.807, 2.05) is 31.2 Å². The van der Waals surface area contributed by atoms with Gasteiger partial charge in [-0.3, -0.25) is 0 Å². The maximum absolute atomic E-state index is 12.0. The molecule has 0 aliphatic carbocycles. The Morgan fingerprint density at radius 1 is 1.32 bits per heavy atom. The largest absolute Gasteiger partial charge is 0.421 e. The fourth-order valence-corrected chi connectivity index (χ4v) is 2.47. The first-order chi connectivity index (χ1) is 9.22. The molecule has 0 radical (unpaired) electrons. The number of unbranched alkanes of at least 4 members (excludes halogenated alkanes) is 1. The van der Waals surface area contributed by atoms with Crippen LogP contribution in [0, 0.1) is 6.92 Å². The van der Waals surface area contributed by atoms with Crippen LogP contribution in [0.2, 0.25) is 0 Å². The van der Waals surface area contributed by atoms with Crippen LogP contribution in [0.3, 0.4) is 0 Å². The SMILES string of the molecule is CCCCn1c(C)nc2c(=O)oc3ccccc3c21. The Kier molecular flexibility index (Phi) is 2.85. The molecule has 0 fully saturated rings. The lowest BCUT2D eigenvalue weighted by Gasteiger charge is -2.07. The van der Waals surface area contributed by atoms with Crippen LogP contribution in [0.1, 0.15) is 25.6 Å². The van der Waals surface area contributed by atoms with Gasteiger partial charge >= 0.3 is 5.63 Å². The van der Waals surface area contributed by atoms with E-state index in [-0.39, 0.29) is 5.63 Å². The van der Waals surface area contributed by atoms with Crippen LogP contribution >= 0.6 is 0 Å². The smallest absolute Gasteiger partial charge is 0.364 e. The van der Waals surface area contributed by atoms with Crippen molar-refractivity contribution in [1.29, 1.82) is 0 Å². The number of nitrogens with zero attached hydrogens (tertiary/aromatic N) is 2. The van der Waals surface area contributed by atoms with Crippen LogP contribution in [0.15, 0.2) is 33.5 Å². The summed E-state index contributed by atoms with van der Waals surface area (Å²) in [7, 11) is 0. The Hall–Kier alpha value is -2.10. The van der Waals surface area contributed by atoms with Crippen molar-refractivity contribution in [2.75, 3.05) is 0 Å². The predicted molar refractivity (Wildman–Crippen MR) is 75.4 cm³/mol. The molecule has 19 heavy (non-hydrogen) atoms. The third-order valence-corrected chi connectivity index (χ3v) is 3.43. The third-order valence-electron chi connectivity index (χ3n) is 3.43. The number of imidazole rings is 1. The van der Waals surface area contributed by atoms with Gasteiger partial charge < -0.3 is 8.98 Å². The molecule has 0 aliphatic rings. The van der Waals surface area contributed by atoms with Crippen LogP contribution < -0.4 is 5.63 Å². The van der Waals surface area contributed by atoms with Crippen molar-refractivity contribution in [2.24, 2.45) is 0 Å². The number of aromatic nitrogens is 2. The summed E-state index contributed by atoms with van der Waals surface area (Å²) in [6, 6.07) is 7.62. The van der Waals surface area contributed by atoms with E-state index in [2.05, 4.69) is 16.5 Å². The molecule has 0 bridgehead atoms. The minimum atomic E-state index is -0.355. The fourth-order valence-electron chi connectivity index (χ4n) is 2.47. The van der Waals surface area contributed by atoms with Crippen molar-refractivity contribution >= 4 is 22.0 Å². The van der Waals surface area contributed by atoms with Gasteiger partial charge in [-0.05, 0) is 25.5 Å². The molecule has 0 N–H and O–H groups in total. The quantitative estimate of drug-likeness (QED) is 0.676. The topological polar surface area (TPSA) is 48.0 Å². The molecule has 0 amide bonds. The van der Waals surface area contributed by atoms with E-state index in [9.17, 15) is 4.79 Å². The summed E-state index contributed by atoms with van der Waals surface area (Å²) in [6.07, 6.45) is 2.18. The highest BCUT2D eigenvalue weighted by Crippen LogP contribution is 2.24. The van der Waals surface area contributed by atoms with Gasteiger partial charge in [-0.2, -0.15) is 0 Å². The molecule has 4 heteroatoms. The second-order valence-electron chi connectivity index (χ2n) is 4.75. The Morgan fingerprint density at radius 3 is 2.89 bits per heavy atom. The molecule has 0 spiro atoms. The second-order valence-corrected chi connectivity index (χ2v) is 4.75. The van der Waals surface area contributed by atoms with Crippen LogP contribution in [0.5, 0.6) is 0 Å². The zero-order chi connectivity index (χ0) is 13.4. The predicted octanol–water partition coefficient (Wildman–Crippen LogP) is 3.25. The summed E-state index contributed by atoms with van der Waals surface area (Å²) in [5.74, 6) is 0.868. The third kappa shape index (κ3) is 1.84. The standard InChI is InChI=1S/C15H16N2O2/c1-3-4-9-17-10(2)16-13-14(17)11-7-5-6-8-12(11)19-15(13)18/h5-8H,3-4,9H2,1-2H3. The zero-order valence-electron chi connectivity index (χ0n) is 11.1. The van der Waals surface area contributed by atoms with Gasteiger partial charge in [-0.25, -0.2) is 9.78 Å². The zero-order valence-corrected chi connectivity index (χ0v) is 11.1. The number of aryl methyl sites for hydroxylation is 2. The van der Waals surface area contributed by atoms with Crippen LogP contribution in [-0.2, 0) is 6.54 Å². The van der Waals surface area contributed by atoms with Gasteiger partial charge in [0.15, 0.2) is 5.52 Å². The fraction of sp³-hybridized carbons (Fsp3) is 0.333. The summed E-state index contributed by atoms with van der Waals surface area (Å²) >= 11 is 0. The molecular formula is C15H16N2O2. The summed E-state index contributed by atoms with van der Waals surface area (Å²) in [5.41, 5.74) is 1.61. The Balaban J connectivity index is 2.42. The molecule has 3 rings (SSSR count). The van der Waals surface area contributed by atoms with Crippen molar-refractivity contribution in [3.63, 3.8) is 0 Å². The average molecular weight is 256 g/mol. The molecular weight excluding hydrogens is 240 g/mol. The molecule has 3 aromatic rings.